The van der Waals surface area contributed by atoms with Gasteiger partial charge in [-0.05, 0) is 23.8 Å². The van der Waals surface area contributed by atoms with Crippen molar-refractivity contribution in [1.29, 1.82) is 0 Å². The lowest BCUT2D eigenvalue weighted by atomic mass is 10.4. The lowest BCUT2D eigenvalue weighted by Crippen LogP contribution is -2.21. The zero-order chi connectivity index (χ0) is 12.1. The second-order valence-electron chi connectivity index (χ2n) is 3.43. The van der Waals surface area contributed by atoms with E-state index in [-0.39, 0.29) is 11.9 Å². The summed E-state index contributed by atoms with van der Waals surface area (Å²) >= 11 is 0. The number of nitro groups is 1. The topological polar surface area (TPSA) is 82.2 Å². The van der Waals surface area contributed by atoms with Gasteiger partial charge in [0.2, 0.25) is 12.1 Å². The third-order valence-corrected chi connectivity index (χ3v) is 2.10. The molecule has 0 amide bonds. The molecule has 0 fully saturated rings. The Morgan fingerprint density at radius 2 is 2.44 bits per heavy atom. The standard InChI is InChI=1S/C9H16N4O3/c1-4-16-7(2)5-10-8-9(13(14)15)11-6-12(8)3/h6-7,10H,4-5H2,1-3H3. The molecule has 7 nitrogen and oxygen atoms in total. The number of hydrogen-bond acceptors (Lipinski definition) is 5. The lowest BCUT2D eigenvalue weighted by Gasteiger charge is -2.12. The Labute approximate surface area is 93.6 Å². The van der Waals surface area contributed by atoms with Gasteiger partial charge in [0, 0.05) is 20.2 Å². The first-order valence-corrected chi connectivity index (χ1v) is 5.07. The van der Waals surface area contributed by atoms with Gasteiger partial charge in [-0.15, -0.1) is 0 Å². The van der Waals surface area contributed by atoms with Gasteiger partial charge in [-0.3, -0.25) is 4.57 Å². The highest BCUT2D eigenvalue weighted by Crippen LogP contribution is 2.20. The zero-order valence-electron chi connectivity index (χ0n) is 9.64. The highest BCUT2D eigenvalue weighted by molar-refractivity contribution is 5.51. The highest BCUT2D eigenvalue weighted by Gasteiger charge is 2.19. The van der Waals surface area contributed by atoms with Crippen LogP contribution in [0, 0.1) is 10.1 Å². The second kappa shape index (κ2) is 5.45. The first-order valence-electron chi connectivity index (χ1n) is 5.07. The molecule has 1 unspecified atom stereocenters. The molecule has 0 aromatic carbocycles. The molecule has 0 bridgehead atoms. The number of anilines is 1. The molecule has 0 radical (unpaired) electrons. The Kier molecular flexibility index (Phi) is 4.24. The summed E-state index contributed by atoms with van der Waals surface area (Å²) in [6.45, 7) is 4.94. The molecule has 0 aliphatic heterocycles. The van der Waals surface area contributed by atoms with Crippen LogP contribution < -0.4 is 5.32 Å². The van der Waals surface area contributed by atoms with E-state index in [0.717, 1.165) is 0 Å². The highest BCUT2D eigenvalue weighted by atomic mass is 16.6. The molecule has 0 aliphatic carbocycles. The van der Waals surface area contributed by atoms with E-state index >= 15 is 0 Å². The first-order chi connectivity index (χ1) is 7.56. The summed E-state index contributed by atoms with van der Waals surface area (Å²) in [5, 5.41) is 13.6. The SMILES string of the molecule is CCOC(C)CNc1c([N+](=O)[O-])ncn1C. The van der Waals surface area contributed by atoms with E-state index < -0.39 is 4.92 Å². The Balaban J connectivity index is 2.65. The molecule has 1 rings (SSSR count). The molecular formula is C9H16N4O3. The number of imidazole rings is 1. The molecule has 0 saturated heterocycles. The summed E-state index contributed by atoms with van der Waals surface area (Å²) in [5.41, 5.74) is 0. The molecule has 90 valence electrons. The average molecular weight is 228 g/mol. The molecule has 16 heavy (non-hydrogen) atoms. The van der Waals surface area contributed by atoms with Crippen LogP contribution in [0.25, 0.3) is 0 Å². The van der Waals surface area contributed by atoms with Crippen molar-refractivity contribution in [3.63, 3.8) is 0 Å². The molecule has 0 spiro atoms. The van der Waals surface area contributed by atoms with Gasteiger partial charge in [0.1, 0.15) is 0 Å². The van der Waals surface area contributed by atoms with Gasteiger partial charge in [0.05, 0.1) is 6.10 Å². The molecule has 1 atom stereocenters. The van der Waals surface area contributed by atoms with E-state index in [0.29, 0.717) is 19.0 Å². The van der Waals surface area contributed by atoms with Gasteiger partial charge in [-0.1, -0.05) is 0 Å². The number of aromatic nitrogens is 2. The molecule has 0 aliphatic rings. The fourth-order valence-electron chi connectivity index (χ4n) is 1.34. The first kappa shape index (κ1) is 12.4. The summed E-state index contributed by atoms with van der Waals surface area (Å²) in [5.74, 6) is 0.239. The number of ether oxygens (including phenoxy) is 1. The average Bonchev–Trinajstić information content (AvgIpc) is 2.57. The Morgan fingerprint density at radius 1 is 1.75 bits per heavy atom. The van der Waals surface area contributed by atoms with Crippen LogP contribution in [0.1, 0.15) is 13.8 Å². The van der Waals surface area contributed by atoms with E-state index in [1.54, 1.807) is 11.6 Å². The van der Waals surface area contributed by atoms with Crippen LogP contribution in [0.4, 0.5) is 11.6 Å². The van der Waals surface area contributed by atoms with Crippen LogP contribution in [0.3, 0.4) is 0 Å². The maximum atomic E-state index is 10.7. The number of nitrogens with one attached hydrogen (secondary N) is 1. The largest absolute Gasteiger partial charge is 0.406 e. The van der Waals surface area contributed by atoms with Gasteiger partial charge in [-0.2, -0.15) is 0 Å². The summed E-state index contributed by atoms with van der Waals surface area (Å²) in [7, 11) is 1.70. The smallest absolute Gasteiger partial charge is 0.377 e. The molecule has 1 N–H and O–H groups in total. The maximum Gasteiger partial charge on any atom is 0.406 e. The van der Waals surface area contributed by atoms with Crippen LogP contribution in [-0.4, -0.2) is 33.7 Å². The monoisotopic (exact) mass is 228 g/mol. The van der Waals surface area contributed by atoms with Crippen LogP contribution in [-0.2, 0) is 11.8 Å². The van der Waals surface area contributed by atoms with E-state index in [4.69, 9.17) is 4.74 Å². The Bertz CT molecular complexity index is 364. The van der Waals surface area contributed by atoms with Gasteiger partial charge in [0.15, 0.2) is 0 Å². The molecule has 1 heterocycles. The molecule has 7 heteroatoms. The van der Waals surface area contributed by atoms with Crippen molar-refractivity contribution in [2.45, 2.75) is 20.0 Å². The van der Waals surface area contributed by atoms with Crippen LogP contribution in [0.2, 0.25) is 0 Å². The van der Waals surface area contributed by atoms with Gasteiger partial charge in [-0.25, -0.2) is 0 Å². The Hall–Kier alpha value is -1.63. The molecule has 0 saturated carbocycles. The van der Waals surface area contributed by atoms with Crippen LogP contribution >= 0.6 is 0 Å². The fourth-order valence-corrected chi connectivity index (χ4v) is 1.34. The number of nitrogens with zero attached hydrogens (tertiary/aromatic N) is 3. The number of rotatable bonds is 6. The van der Waals surface area contributed by atoms with Crippen molar-refractivity contribution < 1.29 is 9.66 Å². The zero-order valence-corrected chi connectivity index (χ0v) is 9.64. The summed E-state index contributed by atoms with van der Waals surface area (Å²) in [4.78, 5) is 13.9. The minimum Gasteiger partial charge on any atom is -0.377 e. The summed E-state index contributed by atoms with van der Waals surface area (Å²) in [6.07, 6.45) is 1.41. The fraction of sp³-hybridized carbons (Fsp3) is 0.667. The van der Waals surface area contributed by atoms with Crippen molar-refractivity contribution in [3.8, 4) is 0 Å². The van der Waals surface area contributed by atoms with Crippen LogP contribution in [0.5, 0.6) is 0 Å². The predicted octanol–water partition coefficient (Wildman–Crippen LogP) is 1.17. The van der Waals surface area contributed by atoms with E-state index in [9.17, 15) is 10.1 Å². The lowest BCUT2D eigenvalue weighted by molar-refractivity contribution is -0.388. The normalized spacial score (nSPS) is 12.4. The summed E-state index contributed by atoms with van der Waals surface area (Å²) in [6, 6.07) is 0. The minimum atomic E-state index is -0.506. The van der Waals surface area contributed by atoms with Crippen molar-refractivity contribution in [2.75, 3.05) is 18.5 Å². The van der Waals surface area contributed by atoms with Gasteiger partial charge < -0.3 is 20.2 Å². The van der Waals surface area contributed by atoms with Gasteiger partial charge in [0.25, 0.3) is 0 Å². The van der Waals surface area contributed by atoms with Gasteiger partial charge >= 0.3 is 5.82 Å². The van der Waals surface area contributed by atoms with Crippen molar-refractivity contribution in [1.82, 2.24) is 9.55 Å². The maximum absolute atomic E-state index is 10.7. The van der Waals surface area contributed by atoms with Crippen molar-refractivity contribution in [2.24, 2.45) is 7.05 Å². The van der Waals surface area contributed by atoms with Crippen molar-refractivity contribution >= 4 is 11.6 Å². The predicted molar refractivity (Wildman–Crippen MR) is 59.4 cm³/mol. The van der Waals surface area contributed by atoms with E-state index in [1.165, 1.54) is 6.33 Å². The number of hydrogen-bond donors (Lipinski definition) is 1. The Morgan fingerprint density at radius 3 is 3.00 bits per heavy atom. The molecular weight excluding hydrogens is 212 g/mol. The van der Waals surface area contributed by atoms with E-state index in [2.05, 4.69) is 10.3 Å². The van der Waals surface area contributed by atoms with E-state index in [1.807, 2.05) is 13.8 Å². The number of aryl methyl sites for hydroxylation is 1. The third-order valence-electron chi connectivity index (χ3n) is 2.10. The third kappa shape index (κ3) is 2.93. The second-order valence-corrected chi connectivity index (χ2v) is 3.43. The van der Waals surface area contributed by atoms with Crippen molar-refractivity contribution in [3.05, 3.63) is 16.4 Å². The minimum absolute atomic E-state index is 0.000459. The molecule has 1 aromatic rings. The molecule has 1 aromatic heterocycles. The van der Waals surface area contributed by atoms with Crippen LogP contribution in [0.15, 0.2) is 6.33 Å². The summed E-state index contributed by atoms with van der Waals surface area (Å²) < 4.78 is 6.90. The quantitative estimate of drug-likeness (QED) is 0.583.